The van der Waals surface area contributed by atoms with Gasteiger partial charge in [-0.05, 0) is 61.0 Å². The van der Waals surface area contributed by atoms with Crippen molar-refractivity contribution in [3.05, 3.63) is 78.1 Å². The summed E-state index contributed by atoms with van der Waals surface area (Å²) in [6, 6.07) is 14.3. The van der Waals surface area contributed by atoms with Crippen LogP contribution < -0.4 is 5.32 Å². The van der Waals surface area contributed by atoms with Crippen molar-refractivity contribution < 1.29 is 24.2 Å². The van der Waals surface area contributed by atoms with Crippen LogP contribution >= 0.6 is 0 Å². The zero-order valence-corrected chi connectivity index (χ0v) is 17.6. The number of aromatic carboxylic acids is 1. The predicted molar refractivity (Wildman–Crippen MR) is 121 cm³/mol. The van der Waals surface area contributed by atoms with Crippen LogP contribution in [0.1, 0.15) is 34.1 Å². The molecule has 0 aliphatic carbocycles. The Morgan fingerprint density at radius 2 is 1.85 bits per heavy atom. The molecule has 1 amide bonds. The highest BCUT2D eigenvalue weighted by Gasteiger charge is 2.22. The van der Waals surface area contributed by atoms with E-state index in [4.69, 9.17) is 9.84 Å². The summed E-state index contributed by atoms with van der Waals surface area (Å²) in [6.07, 6.45) is 2.61. The van der Waals surface area contributed by atoms with E-state index in [1.807, 2.05) is 12.1 Å². The number of carbonyl (C=O) groups is 3. The average Bonchev–Trinajstić information content (AvgIpc) is 3.26. The first kappa shape index (κ1) is 21.7. The number of fused-ring (bicyclic) bond motifs is 1. The van der Waals surface area contributed by atoms with Gasteiger partial charge in [0.2, 0.25) is 0 Å². The van der Waals surface area contributed by atoms with Crippen LogP contribution in [0, 0.1) is 0 Å². The minimum Gasteiger partial charge on any atom is -0.478 e. The Morgan fingerprint density at radius 1 is 1.09 bits per heavy atom. The normalized spacial score (nSPS) is 11.7. The number of amides is 1. The van der Waals surface area contributed by atoms with Crippen molar-refractivity contribution in [3.63, 3.8) is 0 Å². The van der Waals surface area contributed by atoms with Crippen molar-refractivity contribution in [3.8, 4) is 11.4 Å². The topological polar surface area (TPSA) is 134 Å². The first-order valence-corrected chi connectivity index (χ1v) is 10.2. The van der Waals surface area contributed by atoms with Crippen LogP contribution in [0.15, 0.2) is 67.0 Å². The minimum atomic E-state index is -1.06. The van der Waals surface area contributed by atoms with Gasteiger partial charge in [0.15, 0.2) is 6.10 Å². The smallest absolute Gasteiger partial charge is 0.338 e. The molecule has 166 valence electrons. The quantitative estimate of drug-likeness (QED) is 0.368. The van der Waals surface area contributed by atoms with Gasteiger partial charge in [0.05, 0.1) is 22.2 Å². The molecule has 1 atom stereocenters. The lowest BCUT2D eigenvalue weighted by molar-refractivity contribution is -0.124. The zero-order valence-electron chi connectivity index (χ0n) is 17.6. The molecule has 0 aliphatic heterocycles. The van der Waals surface area contributed by atoms with Gasteiger partial charge in [0, 0.05) is 23.6 Å². The highest BCUT2D eigenvalue weighted by molar-refractivity contribution is 5.99. The number of H-pyrrole nitrogens is 1. The van der Waals surface area contributed by atoms with Gasteiger partial charge in [0.25, 0.3) is 5.91 Å². The summed E-state index contributed by atoms with van der Waals surface area (Å²) in [7, 11) is 0. The molecule has 9 nitrogen and oxygen atoms in total. The Labute approximate surface area is 188 Å². The molecule has 33 heavy (non-hydrogen) atoms. The maximum absolute atomic E-state index is 12.7. The number of anilines is 1. The molecule has 2 heterocycles. The number of imidazole rings is 1. The number of hydrogen-bond donors (Lipinski definition) is 3. The third-order valence-corrected chi connectivity index (χ3v) is 4.96. The summed E-state index contributed by atoms with van der Waals surface area (Å²) >= 11 is 0. The van der Waals surface area contributed by atoms with Crippen LogP contribution in [0.3, 0.4) is 0 Å². The molecule has 4 rings (SSSR count). The first-order valence-electron chi connectivity index (χ1n) is 10.2. The lowest BCUT2D eigenvalue weighted by Gasteiger charge is -2.16. The molecule has 0 saturated heterocycles. The molecule has 0 radical (unpaired) electrons. The van der Waals surface area contributed by atoms with E-state index in [9.17, 15) is 14.4 Å². The number of aromatic amines is 1. The molecule has 0 spiro atoms. The van der Waals surface area contributed by atoms with E-state index in [1.54, 1.807) is 37.5 Å². The van der Waals surface area contributed by atoms with Crippen LogP contribution in [0.4, 0.5) is 5.69 Å². The minimum absolute atomic E-state index is 0.104. The van der Waals surface area contributed by atoms with E-state index in [2.05, 4.69) is 20.3 Å². The number of ether oxygens (including phenoxy) is 1. The monoisotopic (exact) mass is 444 g/mol. The largest absolute Gasteiger partial charge is 0.478 e. The van der Waals surface area contributed by atoms with Gasteiger partial charge in [-0.3, -0.25) is 9.78 Å². The standard InChI is InChI=1S/C24H20N4O5/c1-2-20(22(29)26-17-8-5-14(6-9-17)23(30)31)33-24(32)15-7-10-18-19(12-15)28-21(27-18)16-4-3-11-25-13-16/h3-13,20H,2H2,1H3,(H,26,29)(H,27,28)(H,30,31). The maximum atomic E-state index is 12.7. The van der Waals surface area contributed by atoms with Crippen LogP contribution in [0.2, 0.25) is 0 Å². The number of carboxylic acid groups (broad SMARTS) is 1. The molecule has 1 unspecified atom stereocenters. The Bertz CT molecular complexity index is 1320. The number of carbonyl (C=O) groups excluding carboxylic acids is 2. The molecule has 4 aromatic rings. The summed E-state index contributed by atoms with van der Waals surface area (Å²) in [5.41, 5.74) is 2.94. The van der Waals surface area contributed by atoms with E-state index in [0.29, 0.717) is 22.5 Å². The number of pyridine rings is 1. The van der Waals surface area contributed by atoms with Crippen LogP contribution in [0.5, 0.6) is 0 Å². The first-order chi connectivity index (χ1) is 15.9. The number of hydrogen-bond acceptors (Lipinski definition) is 6. The summed E-state index contributed by atoms with van der Waals surface area (Å²) in [5, 5.41) is 11.6. The highest BCUT2D eigenvalue weighted by atomic mass is 16.5. The van der Waals surface area contributed by atoms with Crippen molar-refractivity contribution in [2.24, 2.45) is 0 Å². The van der Waals surface area contributed by atoms with Crippen LogP contribution in [0.25, 0.3) is 22.4 Å². The molecule has 0 aliphatic rings. The Balaban J connectivity index is 1.46. The van der Waals surface area contributed by atoms with Crippen LogP contribution in [-0.2, 0) is 9.53 Å². The zero-order chi connectivity index (χ0) is 23.4. The average molecular weight is 444 g/mol. The van der Waals surface area contributed by atoms with Crippen molar-refractivity contribution in [1.82, 2.24) is 15.0 Å². The van der Waals surface area contributed by atoms with Crippen LogP contribution in [-0.4, -0.2) is 44.0 Å². The molecule has 0 bridgehead atoms. The van der Waals surface area contributed by atoms with E-state index >= 15 is 0 Å². The molecule has 0 fully saturated rings. The van der Waals surface area contributed by atoms with Gasteiger partial charge in [0.1, 0.15) is 5.82 Å². The molecule has 0 saturated carbocycles. The van der Waals surface area contributed by atoms with Gasteiger partial charge in [-0.25, -0.2) is 14.6 Å². The molecule has 9 heteroatoms. The molecular weight excluding hydrogens is 424 g/mol. The number of benzene rings is 2. The Hall–Kier alpha value is -4.53. The fourth-order valence-electron chi connectivity index (χ4n) is 3.21. The van der Waals surface area contributed by atoms with E-state index in [-0.39, 0.29) is 17.5 Å². The number of nitrogens with zero attached hydrogens (tertiary/aromatic N) is 2. The fourth-order valence-corrected chi connectivity index (χ4v) is 3.21. The second kappa shape index (κ2) is 9.31. The molecule has 2 aromatic heterocycles. The molecule has 3 N–H and O–H groups in total. The summed E-state index contributed by atoms with van der Waals surface area (Å²) in [4.78, 5) is 48.0. The lowest BCUT2D eigenvalue weighted by Crippen LogP contribution is -2.32. The third kappa shape index (κ3) is 4.87. The number of rotatable bonds is 7. The van der Waals surface area contributed by atoms with E-state index in [0.717, 1.165) is 5.56 Å². The van der Waals surface area contributed by atoms with Crippen molar-refractivity contribution in [2.75, 3.05) is 5.32 Å². The van der Waals surface area contributed by atoms with Crippen molar-refractivity contribution in [2.45, 2.75) is 19.4 Å². The second-order valence-corrected chi connectivity index (χ2v) is 7.23. The number of carboxylic acids is 1. The number of esters is 1. The van der Waals surface area contributed by atoms with Gasteiger partial charge in [-0.15, -0.1) is 0 Å². The molecule has 2 aromatic carbocycles. The van der Waals surface area contributed by atoms with Crippen molar-refractivity contribution in [1.29, 1.82) is 0 Å². The van der Waals surface area contributed by atoms with E-state index < -0.39 is 23.9 Å². The number of aromatic nitrogens is 3. The summed E-state index contributed by atoms with van der Waals surface area (Å²) < 4.78 is 5.43. The van der Waals surface area contributed by atoms with Gasteiger partial charge in [-0.1, -0.05) is 6.92 Å². The summed E-state index contributed by atoms with van der Waals surface area (Å²) in [6.45, 7) is 1.73. The molecular formula is C24H20N4O5. The summed E-state index contributed by atoms with van der Waals surface area (Å²) in [5.74, 6) is -1.58. The second-order valence-electron chi connectivity index (χ2n) is 7.23. The van der Waals surface area contributed by atoms with Gasteiger partial charge in [-0.2, -0.15) is 0 Å². The third-order valence-electron chi connectivity index (χ3n) is 4.96. The fraction of sp³-hybridized carbons (Fsp3) is 0.125. The van der Waals surface area contributed by atoms with Crippen molar-refractivity contribution >= 4 is 34.6 Å². The maximum Gasteiger partial charge on any atom is 0.338 e. The highest BCUT2D eigenvalue weighted by Crippen LogP contribution is 2.21. The Kier molecular flexibility index (Phi) is 6.12. The Morgan fingerprint density at radius 3 is 2.52 bits per heavy atom. The number of nitrogens with one attached hydrogen (secondary N) is 2. The predicted octanol–water partition coefficient (Wildman–Crippen LogP) is 3.90. The SMILES string of the molecule is CCC(OC(=O)c1ccc2nc(-c3cccnc3)[nH]c2c1)C(=O)Nc1ccc(C(=O)O)cc1. The van der Waals surface area contributed by atoms with E-state index in [1.165, 1.54) is 24.3 Å². The lowest BCUT2D eigenvalue weighted by atomic mass is 10.2. The van der Waals surface area contributed by atoms with Gasteiger partial charge < -0.3 is 20.1 Å². The van der Waals surface area contributed by atoms with Gasteiger partial charge >= 0.3 is 11.9 Å².